The van der Waals surface area contributed by atoms with Gasteiger partial charge >= 0.3 is 0 Å². The molecule has 92 valence electrons. The highest BCUT2D eigenvalue weighted by Gasteiger charge is 2.12. The van der Waals surface area contributed by atoms with Gasteiger partial charge in [0.05, 0.1) is 17.6 Å². The highest BCUT2D eigenvalue weighted by molar-refractivity contribution is 7.80. The van der Waals surface area contributed by atoms with E-state index < -0.39 is 0 Å². The lowest BCUT2D eigenvalue weighted by atomic mass is 10.3. The SMILES string of the molecule is CN1CCCN(c2ccc(C(N)=S)nc2)CC1. The van der Waals surface area contributed by atoms with E-state index in [4.69, 9.17) is 18.0 Å². The van der Waals surface area contributed by atoms with E-state index >= 15 is 0 Å². The van der Waals surface area contributed by atoms with Crippen molar-refractivity contribution in [2.75, 3.05) is 38.1 Å². The van der Waals surface area contributed by atoms with Gasteiger partial charge in [0, 0.05) is 19.6 Å². The van der Waals surface area contributed by atoms with Crippen LogP contribution in [-0.4, -0.2) is 48.1 Å². The van der Waals surface area contributed by atoms with Gasteiger partial charge in [-0.25, -0.2) is 0 Å². The predicted molar refractivity (Wildman–Crippen MR) is 74.5 cm³/mol. The third-order valence-corrected chi connectivity index (χ3v) is 3.29. The van der Waals surface area contributed by atoms with E-state index in [9.17, 15) is 0 Å². The smallest absolute Gasteiger partial charge is 0.122 e. The summed E-state index contributed by atoms with van der Waals surface area (Å²) >= 11 is 4.89. The van der Waals surface area contributed by atoms with E-state index in [0.29, 0.717) is 10.7 Å². The fourth-order valence-corrected chi connectivity index (χ4v) is 2.14. The first-order valence-corrected chi connectivity index (χ1v) is 6.27. The number of likely N-dealkylation sites (N-methyl/N-ethyl adjacent to an activating group) is 1. The average molecular weight is 250 g/mol. The Morgan fingerprint density at radius 3 is 2.76 bits per heavy atom. The quantitative estimate of drug-likeness (QED) is 0.789. The molecule has 4 nitrogen and oxygen atoms in total. The third-order valence-electron chi connectivity index (χ3n) is 3.08. The molecule has 1 aliphatic heterocycles. The molecule has 17 heavy (non-hydrogen) atoms. The van der Waals surface area contributed by atoms with E-state index in [-0.39, 0.29) is 0 Å². The van der Waals surface area contributed by atoms with Crippen LogP contribution in [-0.2, 0) is 0 Å². The third kappa shape index (κ3) is 3.14. The summed E-state index contributed by atoms with van der Waals surface area (Å²) in [6.07, 6.45) is 3.05. The van der Waals surface area contributed by atoms with Crippen molar-refractivity contribution in [1.29, 1.82) is 0 Å². The van der Waals surface area contributed by atoms with Crippen LogP contribution in [0, 0.1) is 0 Å². The van der Waals surface area contributed by atoms with Crippen LogP contribution in [0.25, 0.3) is 0 Å². The first-order valence-electron chi connectivity index (χ1n) is 5.86. The van der Waals surface area contributed by atoms with Crippen molar-refractivity contribution in [2.24, 2.45) is 5.73 Å². The van der Waals surface area contributed by atoms with Crippen molar-refractivity contribution in [1.82, 2.24) is 9.88 Å². The fourth-order valence-electron chi connectivity index (χ4n) is 2.02. The minimum Gasteiger partial charge on any atom is -0.388 e. The molecular formula is C12H18N4S. The highest BCUT2D eigenvalue weighted by Crippen LogP contribution is 2.15. The minimum atomic E-state index is 0.354. The van der Waals surface area contributed by atoms with E-state index in [1.807, 2.05) is 18.3 Å². The first-order chi connectivity index (χ1) is 8.16. The summed E-state index contributed by atoms with van der Waals surface area (Å²) in [5, 5.41) is 0. The highest BCUT2D eigenvalue weighted by atomic mass is 32.1. The van der Waals surface area contributed by atoms with Crippen LogP contribution in [0.2, 0.25) is 0 Å². The number of rotatable bonds is 2. The van der Waals surface area contributed by atoms with Crippen LogP contribution in [0.4, 0.5) is 5.69 Å². The Morgan fingerprint density at radius 1 is 1.29 bits per heavy atom. The van der Waals surface area contributed by atoms with Crippen LogP contribution in [0.15, 0.2) is 18.3 Å². The number of nitrogens with zero attached hydrogens (tertiary/aromatic N) is 3. The van der Waals surface area contributed by atoms with Gasteiger partial charge in [0.2, 0.25) is 0 Å². The predicted octanol–water partition coefficient (Wildman–Crippen LogP) is 0.858. The summed E-state index contributed by atoms with van der Waals surface area (Å²) in [6.45, 7) is 4.38. The largest absolute Gasteiger partial charge is 0.388 e. The molecule has 1 aromatic rings. The zero-order valence-electron chi connectivity index (χ0n) is 10.1. The van der Waals surface area contributed by atoms with Crippen LogP contribution >= 0.6 is 12.2 Å². The Morgan fingerprint density at radius 2 is 2.12 bits per heavy atom. The second kappa shape index (κ2) is 5.42. The Bertz CT molecular complexity index is 390. The van der Waals surface area contributed by atoms with Crippen molar-refractivity contribution in [3.05, 3.63) is 24.0 Å². The van der Waals surface area contributed by atoms with Gasteiger partial charge in [-0.15, -0.1) is 0 Å². The molecule has 1 aromatic heterocycles. The monoisotopic (exact) mass is 250 g/mol. The molecule has 2 N–H and O–H groups in total. The molecule has 0 saturated carbocycles. The van der Waals surface area contributed by atoms with Crippen LogP contribution in [0.3, 0.4) is 0 Å². The lowest BCUT2D eigenvalue weighted by Crippen LogP contribution is -2.28. The van der Waals surface area contributed by atoms with E-state index in [0.717, 1.165) is 31.9 Å². The molecule has 2 rings (SSSR count). The molecule has 0 aromatic carbocycles. The second-order valence-corrected chi connectivity index (χ2v) is 4.85. The first kappa shape index (κ1) is 12.3. The van der Waals surface area contributed by atoms with Crippen molar-refractivity contribution in [3.8, 4) is 0 Å². The number of pyridine rings is 1. The molecule has 1 fully saturated rings. The second-order valence-electron chi connectivity index (χ2n) is 4.41. The number of nitrogens with two attached hydrogens (primary N) is 1. The van der Waals surface area contributed by atoms with Crippen LogP contribution in [0.1, 0.15) is 12.1 Å². The standard InChI is InChI=1S/C12H18N4S/c1-15-5-2-6-16(8-7-15)10-3-4-11(12(13)17)14-9-10/h3-4,9H,2,5-8H2,1H3,(H2,13,17). The average Bonchev–Trinajstić information content (AvgIpc) is 2.54. The zero-order valence-corrected chi connectivity index (χ0v) is 10.9. The van der Waals surface area contributed by atoms with Crippen molar-refractivity contribution >= 4 is 22.9 Å². The van der Waals surface area contributed by atoms with Gasteiger partial charge in [-0.3, -0.25) is 4.98 Å². The molecular weight excluding hydrogens is 232 g/mol. The van der Waals surface area contributed by atoms with Crippen LogP contribution < -0.4 is 10.6 Å². The maximum Gasteiger partial charge on any atom is 0.122 e. The van der Waals surface area contributed by atoms with Gasteiger partial charge in [-0.1, -0.05) is 12.2 Å². The number of aromatic nitrogens is 1. The summed E-state index contributed by atoms with van der Waals surface area (Å²) in [4.78, 5) is 9.35. The Balaban J connectivity index is 2.08. The zero-order chi connectivity index (χ0) is 12.3. The molecule has 1 saturated heterocycles. The number of anilines is 1. The molecule has 0 radical (unpaired) electrons. The molecule has 0 atom stereocenters. The summed E-state index contributed by atoms with van der Waals surface area (Å²) in [7, 11) is 2.16. The molecule has 0 amide bonds. The molecule has 0 aliphatic carbocycles. The van der Waals surface area contributed by atoms with E-state index in [2.05, 4.69) is 21.8 Å². The maximum absolute atomic E-state index is 5.53. The van der Waals surface area contributed by atoms with Gasteiger partial charge < -0.3 is 15.5 Å². The van der Waals surface area contributed by atoms with Crippen molar-refractivity contribution in [3.63, 3.8) is 0 Å². The number of hydrogen-bond acceptors (Lipinski definition) is 4. The topological polar surface area (TPSA) is 45.4 Å². The summed E-state index contributed by atoms with van der Waals surface area (Å²) < 4.78 is 0. The van der Waals surface area contributed by atoms with Crippen LogP contribution in [0.5, 0.6) is 0 Å². The van der Waals surface area contributed by atoms with Gasteiger partial charge in [-0.05, 0) is 32.1 Å². The summed E-state index contributed by atoms with van der Waals surface area (Å²) in [6, 6.07) is 3.94. The number of hydrogen-bond donors (Lipinski definition) is 1. The molecule has 5 heteroatoms. The Kier molecular flexibility index (Phi) is 3.91. The molecule has 2 heterocycles. The Labute approximate surface area is 107 Å². The Hall–Kier alpha value is -1.20. The minimum absolute atomic E-state index is 0.354. The molecule has 0 spiro atoms. The van der Waals surface area contributed by atoms with E-state index in [1.165, 1.54) is 6.42 Å². The summed E-state index contributed by atoms with van der Waals surface area (Å²) in [5.41, 5.74) is 7.38. The van der Waals surface area contributed by atoms with Crippen molar-refractivity contribution in [2.45, 2.75) is 6.42 Å². The number of thiocarbonyl (C=S) groups is 1. The molecule has 1 aliphatic rings. The fraction of sp³-hybridized carbons (Fsp3) is 0.500. The van der Waals surface area contributed by atoms with Gasteiger partial charge in [0.1, 0.15) is 4.99 Å². The van der Waals surface area contributed by atoms with Crippen molar-refractivity contribution < 1.29 is 0 Å². The van der Waals surface area contributed by atoms with Gasteiger partial charge in [0.15, 0.2) is 0 Å². The normalized spacial score (nSPS) is 17.8. The molecule has 0 unspecified atom stereocenters. The van der Waals surface area contributed by atoms with E-state index in [1.54, 1.807) is 0 Å². The van der Waals surface area contributed by atoms with Gasteiger partial charge in [-0.2, -0.15) is 0 Å². The maximum atomic E-state index is 5.53. The summed E-state index contributed by atoms with van der Waals surface area (Å²) in [5.74, 6) is 0. The molecule has 0 bridgehead atoms. The lowest BCUT2D eigenvalue weighted by Gasteiger charge is -2.22. The lowest BCUT2D eigenvalue weighted by molar-refractivity contribution is 0.360. The van der Waals surface area contributed by atoms with Gasteiger partial charge in [0.25, 0.3) is 0 Å².